The standard InChI is InChI=1S/C19H17FN2O4/c20-13-5-6-15-17(11-13)25-10-9-22(15)18(23)7-8-21-14-3-1-2-4-16(14)26-12-19(21)24/h1-6,11H,7-10,12H2. The Hall–Kier alpha value is -3.09. The first-order valence-corrected chi connectivity index (χ1v) is 8.38. The quantitative estimate of drug-likeness (QED) is 0.847. The van der Waals surface area contributed by atoms with Crippen molar-refractivity contribution in [3.63, 3.8) is 0 Å². The van der Waals surface area contributed by atoms with E-state index in [0.29, 0.717) is 36.0 Å². The summed E-state index contributed by atoms with van der Waals surface area (Å²) in [6.45, 7) is 0.920. The summed E-state index contributed by atoms with van der Waals surface area (Å²) in [5.74, 6) is 0.261. The molecule has 0 spiro atoms. The summed E-state index contributed by atoms with van der Waals surface area (Å²) in [6.07, 6.45) is 0.150. The maximum atomic E-state index is 13.4. The summed E-state index contributed by atoms with van der Waals surface area (Å²) in [4.78, 5) is 28.1. The van der Waals surface area contributed by atoms with Crippen LogP contribution in [0.5, 0.6) is 11.5 Å². The highest BCUT2D eigenvalue weighted by atomic mass is 19.1. The number of hydrogen-bond donors (Lipinski definition) is 0. The Morgan fingerprint density at radius 2 is 1.92 bits per heavy atom. The van der Waals surface area contributed by atoms with Crippen LogP contribution >= 0.6 is 0 Å². The van der Waals surface area contributed by atoms with Gasteiger partial charge in [-0.3, -0.25) is 9.59 Å². The molecule has 0 fully saturated rings. The van der Waals surface area contributed by atoms with Crippen LogP contribution in [0.15, 0.2) is 42.5 Å². The van der Waals surface area contributed by atoms with E-state index in [1.54, 1.807) is 21.9 Å². The van der Waals surface area contributed by atoms with Gasteiger partial charge in [-0.25, -0.2) is 4.39 Å². The number of benzene rings is 2. The first-order chi connectivity index (χ1) is 12.6. The molecule has 0 atom stereocenters. The van der Waals surface area contributed by atoms with E-state index in [1.165, 1.54) is 18.2 Å². The van der Waals surface area contributed by atoms with E-state index >= 15 is 0 Å². The van der Waals surface area contributed by atoms with E-state index in [1.807, 2.05) is 12.1 Å². The molecule has 0 aliphatic carbocycles. The molecule has 134 valence electrons. The molecule has 26 heavy (non-hydrogen) atoms. The van der Waals surface area contributed by atoms with Crippen molar-refractivity contribution in [1.82, 2.24) is 0 Å². The average molecular weight is 356 g/mol. The third-order valence-corrected chi connectivity index (χ3v) is 4.44. The van der Waals surface area contributed by atoms with Crippen LogP contribution in [-0.4, -0.2) is 38.1 Å². The van der Waals surface area contributed by atoms with Crippen LogP contribution in [0.2, 0.25) is 0 Å². The van der Waals surface area contributed by atoms with Crippen LogP contribution in [0.1, 0.15) is 6.42 Å². The minimum atomic E-state index is -0.409. The van der Waals surface area contributed by atoms with Gasteiger partial charge in [0.1, 0.15) is 23.9 Å². The molecule has 0 radical (unpaired) electrons. The fraction of sp³-hybridized carbons (Fsp3) is 0.263. The van der Waals surface area contributed by atoms with Crippen LogP contribution in [0.4, 0.5) is 15.8 Å². The SMILES string of the molecule is O=C(CCN1C(=O)COc2ccccc21)N1CCOc2cc(F)ccc21. The summed E-state index contributed by atoms with van der Waals surface area (Å²) >= 11 is 0. The number of rotatable bonds is 3. The largest absolute Gasteiger partial charge is 0.489 e. The van der Waals surface area contributed by atoms with E-state index in [-0.39, 0.29) is 31.4 Å². The number of para-hydroxylation sites is 2. The summed E-state index contributed by atoms with van der Waals surface area (Å²) in [5, 5.41) is 0. The van der Waals surface area contributed by atoms with Crippen molar-refractivity contribution in [3.05, 3.63) is 48.3 Å². The van der Waals surface area contributed by atoms with Crippen molar-refractivity contribution in [2.24, 2.45) is 0 Å². The number of fused-ring (bicyclic) bond motifs is 2. The number of carbonyl (C=O) groups is 2. The van der Waals surface area contributed by atoms with Crippen LogP contribution in [0.3, 0.4) is 0 Å². The van der Waals surface area contributed by atoms with Crippen LogP contribution in [0.25, 0.3) is 0 Å². The molecule has 2 aliphatic rings. The second-order valence-corrected chi connectivity index (χ2v) is 6.06. The number of carbonyl (C=O) groups excluding carboxylic acids is 2. The molecule has 2 aromatic rings. The van der Waals surface area contributed by atoms with Gasteiger partial charge in [0.15, 0.2) is 6.61 Å². The fourth-order valence-corrected chi connectivity index (χ4v) is 3.19. The normalized spacial score (nSPS) is 15.7. The van der Waals surface area contributed by atoms with Gasteiger partial charge in [0.2, 0.25) is 5.91 Å². The Bertz CT molecular complexity index is 870. The van der Waals surface area contributed by atoms with Crippen molar-refractivity contribution in [2.45, 2.75) is 6.42 Å². The molecule has 4 rings (SSSR count). The lowest BCUT2D eigenvalue weighted by atomic mass is 10.2. The van der Waals surface area contributed by atoms with Gasteiger partial charge < -0.3 is 19.3 Å². The third kappa shape index (κ3) is 2.96. The predicted octanol–water partition coefficient (Wildman–Crippen LogP) is 2.37. The van der Waals surface area contributed by atoms with Gasteiger partial charge in [-0.05, 0) is 24.3 Å². The number of anilines is 2. The molecular weight excluding hydrogens is 339 g/mol. The van der Waals surface area contributed by atoms with Gasteiger partial charge in [0.25, 0.3) is 5.91 Å². The maximum Gasteiger partial charge on any atom is 0.265 e. The lowest BCUT2D eigenvalue weighted by Crippen LogP contribution is -2.43. The summed E-state index contributed by atoms with van der Waals surface area (Å²) in [6, 6.07) is 11.4. The Balaban J connectivity index is 1.49. The molecule has 0 saturated heterocycles. The highest BCUT2D eigenvalue weighted by Crippen LogP contribution is 2.34. The zero-order valence-electron chi connectivity index (χ0n) is 14.0. The van der Waals surface area contributed by atoms with Crippen LogP contribution < -0.4 is 19.3 Å². The number of ether oxygens (including phenoxy) is 2. The van der Waals surface area contributed by atoms with E-state index in [0.717, 1.165) is 0 Å². The third-order valence-electron chi connectivity index (χ3n) is 4.44. The second-order valence-electron chi connectivity index (χ2n) is 6.06. The van der Waals surface area contributed by atoms with Crippen molar-refractivity contribution < 1.29 is 23.5 Å². The molecule has 2 amide bonds. The van der Waals surface area contributed by atoms with Crippen molar-refractivity contribution in [3.8, 4) is 11.5 Å². The molecule has 7 heteroatoms. The van der Waals surface area contributed by atoms with Gasteiger partial charge >= 0.3 is 0 Å². The van der Waals surface area contributed by atoms with Crippen molar-refractivity contribution >= 4 is 23.2 Å². The molecule has 6 nitrogen and oxygen atoms in total. The van der Waals surface area contributed by atoms with Gasteiger partial charge in [0.05, 0.1) is 17.9 Å². The van der Waals surface area contributed by atoms with Gasteiger partial charge in [-0.2, -0.15) is 0 Å². The number of halogens is 1. The molecule has 2 heterocycles. The van der Waals surface area contributed by atoms with Gasteiger partial charge in [-0.1, -0.05) is 12.1 Å². The predicted molar refractivity (Wildman–Crippen MR) is 93.2 cm³/mol. The molecule has 2 aliphatic heterocycles. The lowest BCUT2D eigenvalue weighted by Gasteiger charge is -2.32. The zero-order chi connectivity index (χ0) is 18.1. The minimum absolute atomic E-state index is 0.0368. The second kappa shape index (κ2) is 6.67. The van der Waals surface area contributed by atoms with Crippen molar-refractivity contribution in [2.75, 3.05) is 36.1 Å². The van der Waals surface area contributed by atoms with E-state index in [9.17, 15) is 14.0 Å². The summed E-state index contributed by atoms with van der Waals surface area (Å²) < 4.78 is 24.2. The number of nitrogens with zero attached hydrogens (tertiary/aromatic N) is 2. The topological polar surface area (TPSA) is 59.1 Å². The number of hydrogen-bond acceptors (Lipinski definition) is 4. The smallest absolute Gasteiger partial charge is 0.265 e. The first kappa shape index (κ1) is 16.4. The Morgan fingerprint density at radius 3 is 2.81 bits per heavy atom. The summed E-state index contributed by atoms with van der Waals surface area (Å²) in [7, 11) is 0. The lowest BCUT2D eigenvalue weighted by molar-refractivity contribution is -0.121. The van der Waals surface area contributed by atoms with Gasteiger partial charge in [-0.15, -0.1) is 0 Å². The van der Waals surface area contributed by atoms with E-state index in [4.69, 9.17) is 9.47 Å². The van der Waals surface area contributed by atoms with Crippen LogP contribution in [0, 0.1) is 5.82 Å². The fourth-order valence-electron chi connectivity index (χ4n) is 3.19. The number of amides is 2. The minimum Gasteiger partial charge on any atom is -0.489 e. The highest BCUT2D eigenvalue weighted by molar-refractivity contribution is 6.00. The van der Waals surface area contributed by atoms with E-state index in [2.05, 4.69) is 0 Å². The highest BCUT2D eigenvalue weighted by Gasteiger charge is 2.28. The van der Waals surface area contributed by atoms with Crippen molar-refractivity contribution in [1.29, 1.82) is 0 Å². The average Bonchev–Trinajstić information content (AvgIpc) is 2.66. The molecule has 2 aromatic carbocycles. The monoisotopic (exact) mass is 356 g/mol. The molecule has 0 saturated carbocycles. The van der Waals surface area contributed by atoms with Crippen LogP contribution in [-0.2, 0) is 9.59 Å². The van der Waals surface area contributed by atoms with Gasteiger partial charge in [0, 0.05) is 19.0 Å². The molecule has 0 unspecified atom stereocenters. The Labute approximate surface area is 149 Å². The summed E-state index contributed by atoms with van der Waals surface area (Å²) in [5.41, 5.74) is 1.22. The van der Waals surface area contributed by atoms with E-state index < -0.39 is 5.82 Å². The maximum absolute atomic E-state index is 13.4. The Morgan fingerprint density at radius 1 is 1.08 bits per heavy atom. The zero-order valence-corrected chi connectivity index (χ0v) is 14.0. The molecule has 0 N–H and O–H groups in total. The first-order valence-electron chi connectivity index (χ1n) is 8.38. The Kier molecular flexibility index (Phi) is 4.20. The molecular formula is C19H17FN2O4. The molecule has 0 bridgehead atoms. The molecule has 0 aromatic heterocycles.